The Labute approximate surface area is 194 Å². The van der Waals surface area contributed by atoms with Crippen LogP contribution in [0.15, 0.2) is 59.0 Å². The Balaban J connectivity index is 1.34. The van der Waals surface area contributed by atoms with E-state index in [1.165, 1.54) is 6.07 Å². The first-order chi connectivity index (χ1) is 16.1. The molecule has 0 saturated carbocycles. The molecule has 174 valence electrons. The van der Waals surface area contributed by atoms with E-state index in [2.05, 4.69) is 29.3 Å². The number of aryl methyl sites for hydroxylation is 1. The van der Waals surface area contributed by atoms with Gasteiger partial charge in [0.1, 0.15) is 17.3 Å². The third-order valence-corrected chi connectivity index (χ3v) is 5.87. The number of benzene rings is 2. The van der Waals surface area contributed by atoms with Gasteiger partial charge in [-0.3, -0.25) is 9.69 Å². The number of rotatable bonds is 8. The summed E-state index contributed by atoms with van der Waals surface area (Å²) >= 11 is 0. The molecule has 1 aliphatic heterocycles. The van der Waals surface area contributed by atoms with E-state index in [4.69, 9.17) is 9.40 Å². The molecule has 7 heteroatoms. The summed E-state index contributed by atoms with van der Waals surface area (Å²) in [6.45, 7) is 5.79. The second-order valence-corrected chi connectivity index (χ2v) is 8.34. The van der Waals surface area contributed by atoms with Crippen molar-refractivity contribution < 1.29 is 13.6 Å². The average molecular weight is 451 g/mol. The number of nitrogens with one attached hydrogen (secondary N) is 1. The predicted octanol–water partition coefficient (Wildman–Crippen LogP) is 4.58. The SMILES string of the molecule is CCCc1oc(CN2CCCN(C(=O)CNc3ccccc3F)CC2)nc1-c1ccccc1. The van der Waals surface area contributed by atoms with Crippen LogP contribution in [0.5, 0.6) is 0 Å². The average Bonchev–Trinajstić information content (AvgIpc) is 3.07. The van der Waals surface area contributed by atoms with Gasteiger partial charge in [-0.05, 0) is 25.0 Å². The highest BCUT2D eigenvalue weighted by atomic mass is 19.1. The molecule has 2 heterocycles. The standard InChI is InChI=1S/C26H31FN4O2/c1-2-9-23-26(20-10-4-3-5-11-20)29-24(33-23)19-30-14-8-15-31(17-16-30)25(32)18-28-22-13-7-6-12-21(22)27/h3-7,10-13,28H,2,8-9,14-19H2,1H3. The van der Waals surface area contributed by atoms with Crippen LogP contribution in [0.4, 0.5) is 10.1 Å². The monoisotopic (exact) mass is 450 g/mol. The van der Waals surface area contributed by atoms with Gasteiger partial charge in [-0.15, -0.1) is 0 Å². The fourth-order valence-corrected chi connectivity index (χ4v) is 4.14. The number of carbonyl (C=O) groups is 1. The summed E-state index contributed by atoms with van der Waals surface area (Å²) < 4.78 is 19.9. The molecule has 1 N–H and O–H groups in total. The summed E-state index contributed by atoms with van der Waals surface area (Å²) in [5, 5.41) is 2.91. The van der Waals surface area contributed by atoms with Crippen molar-refractivity contribution in [3.63, 3.8) is 0 Å². The number of oxazole rings is 1. The summed E-state index contributed by atoms with van der Waals surface area (Å²) in [5.74, 6) is 1.28. The number of anilines is 1. The van der Waals surface area contributed by atoms with E-state index >= 15 is 0 Å². The first-order valence-electron chi connectivity index (χ1n) is 11.7. The van der Waals surface area contributed by atoms with Crippen LogP contribution in [0.1, 0.15) is 31.4 Å². The van der Waals surface area contributed by atoms with Crippen LogP contribution in [0.25, 0.3) is 11.3 Å². The van der Waals surface area contributed by atoms with Gasteiger partial charge < -0.3 is 14.6 Å². The number of aromatic nitrogens is 1. The Morgan fingerprint density at radius 1 is 1.06 bits per heavy atom. The minimum absolute atomic E-state index is 0.0205. The maximum absolute atomic E-state index is 13.8. The fraction of sp³-hybridized carbons (Fsp3) is 0.385. The summed E-state index contributed by atoms with van der Waals surface area (Å²) in [6.07, 6.45) is 2.73. The predicted molar refractivity (Wildman–Crippen MR) is 127 cm³/mol. The molecule has 2 aromatic carbocycles. The highest BCUT2D eigenvalue weighted by Gasteiger charge is 2.22. The third-order valence-electron chi connectivity index (χ3n) is 5.87. The van der Waals surface area contributed by atoms with Crippen molar-refractivity contribution in [3.8, 4) is 11.3 Å². The van der Waals surface area contributed by atoms with E-state index in [1.54, 1.807) is 18.2 Å². The lowest BCUT2D eigenvalue weighted by atomic mass is 10.1. The number of halogens is 1. The molecule has 6 nitrogen and oxygen atoms in total. The Kier molecular flexibility index (Phi) is 7.73. The largest absolute Gasteiger partial charge is 0.444 e. The van der Waals surface area contributed by atoms with Crippen molar-refractivity contribution in [1.29, 1.82) is 0 Å². The number of para-hydroxylation sites is 1. The highest BCUT2D eigenvalue weighted by molar-refractivity contribution is 5.81. The lowest BCUT2D eigenvalue weighted by Crippen LogP contribution is -2.38. The second-order valence-electron chi connectivity index (χ2n) is 8.34. The normalized spacial score (nSPS) is 14.8. The molecule has 0 unspecified atom stereocenters. The number of hydrogen-bond donors (Lipinski definition) is 1. The minimum Gasteiger partial charge on any atom is -0.444 e. The van der Waals surface area contributed by atoms with Gasteiger partial charge in [0.2, 0.25) is 11.8 Å². The van der Waals surface area contributed by atoms with Crippen LogP contribution in [0.2, 0.25) is 0 Å². The van der Waals surface area contributed by atoms with Crippen LogP contribution in [-0.2, 0) is 17.8 Å². The number of carbonyl (C=O) groups excluding carboxylic acids is 1. The van der Waals surface area contributed by atoms with E-state index in [1.807, 2.05) is 23.1 Å². The lowest BCUT2D eigenvalue weighted by molar-refractivity contribution is -0.129. The van der Waals surface area contributed by atoms with Crippen molar-refractivity contribution in [1.82, 2.24) is 14.8 Å². The van der Waals surface area contributed by atoms with Crippen LogP contribution in [-0.4, -0.2) is 53.4 Å². The quantitative estimate of drug-likeness (QED) is 0.544. The van der Waals surface area contributed by atoms with E-state index in [9.17, 15) is 9.18 Å². The Hall–Kier alpha value is -3.19. The van der Waals surface area contributed by atoms with Crippen LogP contribution in [0, 0.1) is 5.82 Å². The molecule has 0 radical (unpaired) electrons. The van der Waals surface area contributed by atoms with Crippen LogP contribution < -0.4 is 5.32 Å². The number of hydrogen-bond acceptors (Lipinski definition) is 5. The van der Waals surface area contributed by atoms with Gasteiger partial charge in [-0.25, -0.2) is 9.37 Å². The smallest absolute Gasteiger partial charge is 0.241 e. The fourth-order valence-electron chi connectivity index (χ4n) is 4.14. The molecule has 1 aliphatic rings. The first-order valence-corrected chi connectivity index (χ1v) is 11.7. The van der Waals surface area contributed by atoms with Crippen molar-refractivity contribution >= 4 is 11.6 Å². The van der Waals surface area contributed by atoms with E-state index in [0.29, 0.717) is 25.3 Å². The molecule has 0 spiro atoms. The topological polar surface area (TPSA) is 61.6 Å². The number of amides is 1. The molecule has 1 aromatic heterocycles. The summed E-state index contributed by atoms with van der Waals surface area (Å²) in [5.41, 5.74) is 2.35. The van der Waals surface area contributed by atoms with Gasteiger partial charge in [0.25, 0.3) is 0 Å². The van der Waals surface area contributed by atoms with Crippen molar-refractivity contribution in [2.75, 3.05) is 38.0 Å². The molecule has 0 aliphatic carbocycles. The zero-order valence-electron chi connectivity index (χ0n) is 19.1. The molecule has 1 saturated heterocycles. The maximum atomic E-state index is 13.8. The van der Waals surface area contributed by atoms with E-state index in [-0.39, 0.29) is 18.3 Å². The molecule has 3 aromatic rings. The van der Waals surface area contributed by atoms with Crippen LogP contribution in [0.3, 0.4) is 0 Å². The first kappa shape index (κ1) is 23.0. The van der Waals surface area contributed by atoms with Crippen molar-refractivity contribution in [2.45, 2.75) is 32.7 Å². The molecular formula is C26H31FN4O2. The summed E-state index contributed by atoms with van der Waals surface area (Å²) in [7, 11) is 0. The van der Waals surface area contributed by atoms with Crippen molar-refractivity contribution in [3.05, 3.63) is 72.1 Å². The third kappa shape index (κ3) is 5.99. The number of nitrogens with zero attached hydrogens (tertiary/aromatic N) is 3. The molecule has 1 amide bonds. The Morgan fingerprint density at radius 2 is 1.85 bits per heavy atom. The van der Waals surface area contributed by atoms with E-state index in [0.717, 1.165) is 55.3 Å². The highest BCUT2D eigenvalue weighted by Crippen LogP contribution is 2.26. The van der Waals surface area contributed by atoms with Gasteiger partial charge in [-0.2, -0.15) is 0 Å². The zero-order chi connectivity index (χ0) is 23.0. The lowest BCUT2D eigenvalue weighted by Gasteiger charge is -2.21. The van der Waals surface area contributed by atoms with Gasteiger partial charge in [0.05, 0.1) is 18.8 Å². The van der Waals surface area contributed by atoms with Gasteiger partial charge >= 0.3 is 0 Å². The summed E-state index contributed by atoms with van der Waals surface area (Å²) in [6, 6.07) is 16.6. The van der Waals surface area contributed by atoms with Crippen molar-refractivity contribution in [2.24, 2.45) is 0 Å². The van der Waals surface area contributed by atoms with E-state index < -0.39 is 0 Å². The Morgan fingerprint density at radius 3 is 2.64 bits per heavy atom. The minimum atomic E-state index is -0.351. The molecule has 1 fully saturated rings. The molecule has 0 bridgehead atoms. The second kappa shape index (κ2) is 11.1. The zero-order valence-corrected chi connectivity index (χ0v) is 19.1. The van der Waals surface area contributed by atoms with Gasteiger partial charge in [-0.1, -0.05) is 49.4 Å². The Bertz CT molecular complexity index is 1050. The molecule has 0 atom stereocenters. The van der Waals surface area contributed by atoms with Gasteiger partial charge in [0, 0.05) is 38.2 Å². The molecule has 33 heavy (non-hydrogen) atoms. The van der Waals surface area contributed by atoms with Gasteiger partial charge in [0.15, 0.2) is 0 Å². The summed E-state index contributed by atoms with van der Waals surface area (Å²) in [4.78, 5) is 21.6. The maximum Gasteiger partial charge on any atom is 0.241 e. The molecular weight excluding hydrogens is 419 g/mol. The molecule has 4 rings (SSSR count). The van der Waals surface area contributed by atoms with Crippen LogP contribution >= 0.6 is 0 Å².